The summed E-state index contributed by atoms with van der Waals surface area (Å²) in [7, 11) is 0. The maximum Gasteiger partial charge on any atom is 0.243 e. The van der Waals surface area contributed by atoms with E-state index in [9.17, 15) is 14.4 Å². The monoisotopic (exact) mass is 458 g/mol. The highest BCUT2D eigenvalue weighted by molar-refractivity contribution is 5.96. The largest absolute Gasteiger partial charge is 0.376 e. The van der Waals surface area contributed by atoms with Crippen molar-refractivity contribution in [2.45, 2.75) is 26.7 Å². The molecule has 0 aliphatic rings. The number of rotatable bonds is 10. The van der Waals surface area contributed by atoms with E-state index in [4.69, 9.17) is 0 Å². The number of carbonyl (C=O) groups excluding carboxylic acids is 3. The minimum absolute atomic E-state index is 0.0496. The highest BCUT2D eigenvalue weighted by Gasteiger charge is 2.09. The Bertz CT molecular complexity index is 1130. The van der Waals surface area contributed by atoms with Crippen LogP contribution < -0.4 is 21.3 Å². The number of hydrogen-bond acceptors (Lipinski definition) is 4. The Morgan fingerprint density at radius 2 is 1.24 bits per heavy atom. The van der Waals surface area contributed by atoms with E-state index in [1.54, 1.807) is 30.3 Å². The van der Waals surface area contributed by atoms with Crippen LogP contribution in [0.5, 0.6) is 0 Å². The number of aryl methyl sites for hydroxylation is 1. The topological polar surface area (TPSA) is 99.3 Å². The van der Waals surface area contributed by atoms with Crippen LogP contribution in [0.1, 0.15) is 25.8 Å². The van der Waals surface area contributed by atoms with Crippen LogP contribution in [0, 0.1) is 5.92 Å². The van der Waals surface area contributed by atoms with E-state index in [0.717, 1.165) is 5.56 Å². The van der Waals surface area contributed by atoms with Crippen LogP contribution in [0.25, 0.3) is 0 Å². The van der Waals surface area contributed by atoms with E-state index < -0.39 is 0 Å². The number of hydrogen-bond donors (Lipinski definition) is 4. The first-order valence-corrected chi connectivity index (χ1v) is 11.3. The molecule has 0 spiro atoms. The lowest BCUT2D eigenvalue weighted by atomic mass is 10.1. The molecule has 3 aromatic rings. The second-order valence-corrected chi connectivity index (χ2v) is 8.24. The van der Waals surface area contributed by atoms with Crippen LogP contribution >= 0.6 is 0 Å². The number of amides is 3. The van der Waals surface area contributed by atoms with Gasteiger partial charge in [-0.2, -0.15) is 0 Å². The molecule has 0 aromatic heterocycles. The van der Waals surface area contributed by atoms with E-state index >= 15 is 0 Å². The molecule has 3 aromatic carbocycles. The predicted molar refractivity (Wildman–Crippen MR) is 137 cm³/mol. The molecule has 4 N–H and O–H groups in total. The second-order valence-electron chi connectivity index (χ2n) is 8.24. The Hall–Kier alpha value is -4.13. The van der Waals surface area contributed by atoms with Gasteiger partial charge in [0.05, 0.1) is 6.54 Å². The van der Waals surface area contributed by atoms with Crippen molar-refractivity contribution in [2.75, 3.05) is 27.8 Å². The molecule has 34 heavy (non-hydrogen) atoms. The third-order valence-corrected chi connectivity index (χ3v) is 5.02. The van der Waals surface area contributed by atoms with Crippen molar-refractivity contribution in [3.8, 4) is 0 Å². The zero-order valence-electron chi connectivity index (χ0n) is 19.4. The van der Waals surface area contributed by atoms with Crippen molar-refractivity contribution in [1.29, 1.82) is 0 Å². The van der Waals surface area contributed by atoms with Gasteiger partial charge in [-0.1, -0.05) is 56.3 Å². The lowest BCUT2D eigenvalue weighted by Crippen LogP contribution is -2.22. The van der Waals surface area contributed by atoms with Crippen LogP contribution in [-0.2, 0) is 20.8 Å². The standard InChI is InChI=1S/C27H30N4O3/c1-19(2)27(34)31-24-13-7-12-23(17-24)30-26(33)18-28-21-10-6-11-22(16-21)29-25(32)15-14-20-8-4-3-5-9-20/h3-13,16-17,19,28H,14-15,18H2,1-2H3,(H,29,32)(H,30,33)(H,31,34). The summed E-state index contributed by atoms with van der Waals surface area (Å²) in [4.78, 5) is 36.5. The van der Waals surface area contributed by atoms with Crippen molar-refractivity contribution in [1.82, 2.24) is 0 Å². The molecule has 0 heterocycles. The Morgan fingerprint density at radius 1 is 0.676 bits per heavy atom. The van der Waals surface area contributed by atoms with Gasteiger partial charge >= 0.3 is 0 Å². The van der Waals surface area contributed by atoms with E-state index in [2.05, 4.69) is 21.3 Å². The van der Waals surface area contributed by atoms with E-state index in [0.29, 0.717) is 35.6 Å². The fourth-order valence-electron chi connectivity index (χ4n) is 3.18. The molecular weight excluding hydrogens is 428 g/mol. The van der Waals surface area contributed by atoms with Crippen LogP contribution in [0.3, 0.4) is 0 Å². The number of anilines is 4. The number of nitrogens with one attached hydrogen (secondary N) is 4. The predicted octanol–water partition coefficient (Wildman–Crippen LogP) is 4.90. The average molecular weight is 459 g/mol. The van der Waals surface area contributed by atoms with Crippen molar-refractivity contribution >= 4 is 40.5 Å². The van der Waals surface area contributed by atoms with Gasteiger partial charge in [0, 0.05) is 35.1 Å². The van der Waals surface area contributed by atoms with Crippen molar-refractivity contribution in [2.24, 2.45) is 5.92 Å². The van der Waals surface area contributed by atoms with Gasteiger partial charge in [-0.05, 0) is 48.4 Å². The Labute approximate surface area is 200 Å². The first kappa shape index (κ1) is 24.5. The minimum atomic E-state index is -0.232. The molecule has 0 saturated heterocycles. The molecule has 0 atom stereocenters. The van der Waals surface area contributed by atoms with Gasteiger partial charge in [-0.3, -0.25) is 14.4 Å². The first-order valence-electron chi connectivity index (χ1n) is 11.3. The molecule has 0 saturated carbocycles. The Morgan fingerprint density at radius 3 is 1.88 bits per heavy atom. The van der Waals surface area contributed by atoms with E-state index in [1.807, 2.05) is 62.4 Å². The quantitative estimate of drug-likeness (QED) is 0.347. The van der Waals surface area contributed by atoms with Gasteiger partial charge < -0.3 is 21.3 Å². The highest BCUT2D eigenvalue weighted by Crippen LogP contribution is 2.17. The van der Waals surface area contributed by atoms with Crippen molar-refractivity contribution in [3.63, 3.8) is 0 Å². The van der Waals surface area contributed by atoms with Crippen LogP contribution in [0.15, 0.2) is 78.9 Å². The molecule has 0 bridgehead atoms. The molecule has 3 amide bonds. The summed E-state index contributed by atoms with van der Waals surface area (Å²) in [5.74, 6) is -0.517. The maximum atomic E-state index is 12.4. The van der Waals surface area contributed by atoms with Crippen molar-refractivity contribution < 1.29 is 14.4 Å². The van der Waals surface area contributed by atoms with Gasteiger partial charge in [0.2, 0.25) is 17.7 Å². The third-order valence-electron chi connectivity index (χ3n) is 5.02. The Kier molecular flexibility index (Phi) is 8.80. The zero-order chi connectivity index (χ0) is 24.3. The molecule has 0 aliphatic carbocycles. The summed E-state index contributed by atoms with van der Waals surface area (Å²) >= 11 is 0. The summed E-state index contributed by atoms with van der Waals surface area (Å²) in [5, 5.41) is 11.6. The lowest BCUT2D eigenvalue weighted by Gasteiger charge is -2.12. The average Bonchev–Trinajstić information content (AvgIpc) is 2.82. The summed E-state index contributed by atoms with van der Waals surface area (Å²) in [5.41, 5.74) is 3.71. The fourth-order valence-corrected chi connectivity index (χ4v) is 3.18. The molecule has 3 rings (SSSR count). The normalized spacial score (nSPS) is 10.4. The second kappa shape index (κ2) is 12.2. The van der Waals surface area contributed by atoms with Crippen LogP contribution in [-0.4, -0.2) is 24.3 Å². The lowest BCUT2D eigenvalue weighted by molar-refractivity contribution is -0.119. The molecule has 0 unspecified atom stereocenters. The van der Waals surface area contributed by atoms with E-state index in [1.165, 1.54) is 0 Å². The highest BCUT2D eigenvalue weighted by atomic mass is 16.2. The zero-order valence-corrected chi connectivity index (χ0v) is 19.4. The van der Waals surface area contributed by atoms with Gasteiger partial charge in [-0.15, -0.1) is 0 Å². The third kappa shape index (κ3) is 8.09. The maximum absolute atomic E-state index is 12.4. The number of benzene rings is 3. The minimum Gasteiger partial charge on any atom is -0.376 e. The van der Waals surface area contributed by atoms with Gasteiger partial charge in [-0.25, -0.2) is 0 Å². The van der Waals surface area contributed by atoms with Crippen molar-refractivity contribution in [3.05, 3.63) is 84.4 Å². The first-order chi connectivity index (χ1) is 16.4. The van der Waals surface area contributed by atoms with E-state index in [-0.39, 0.29) is 30.2 Å². The molecule has 0 radical (unpaired) electrons. The molecule has 7 nitrogen and oxygen atoms in total. The van der Waals surface area contributed by atoms with Crippen LogP contribution in [0.2, 0.25) is 0 Å². The summed E-state index contributed by atoms with van der Waals surface area (Å²) in [6, 6.07) is 24.1. The summed E-state index contributed by atoms with van der Waals surface area (Å²) in [6.45, 7) is 3.68. The van der Waals surface area contributed by atoms with Gasteiger partial charge in [0.15, 0.2) is 0 Å². The summed E-state index contributed by atoms with van der Waals surface area (Å²) < 4.78 is 0. The van der Waals surface area contributed by atoms with Gasteiger partial charge in [0.25, 0.3) is 0 Å². The molecule has 176 valence electrons. The Balaban J connectivity index is 1.47. The fraction of sp³-hybridized carbons (Fsp3) is 0.222. The van der Waals surface area contributed by atoms with Gasteiger partial charge in [0.1, 0.15) is 0 Å². The molecule has 0 aliphatic heterocycles. The molecule has 7 heteroatoms. The SMILES string of the molecule is CC(C)C(=O)Nc1cccc(NC(=O)CNc2cccc(NC(=O)CCc3ccccc3)c2)c1. The smallest absolute Gasteiger partial charge is 0.243 e. The molecule has 0 fully saturated rings. The molecular formula is C27H30N4O3. The number of carbonyl (C=O) groups is 3. The summed E-state index contributed by atoms with van der Waals surface area (Å²) in [6.07, 6.45) is 1.06. The van der Waals surface area contributed by atoms with Crippen LogP contribution in [0.4, 0.5) is 22.7 Å².